The molecule has 4 rings (SSSR count). The molecule has 1 N–H and O–H groups in total. The number of hydrogen-bond acceptors (Lipinski definition) is 6. The number of aromatic nitrogens is 4. The molecule has 2 amide bonds. The van der Waals surface area contributed by atoms with Gasteiger partial charge in [0.05, 0.1) is 5.69 Å². The molecule has 0 saturated heterocycles. The van der Waals surface area contributed by atoms with E-state index in [4.69, 9.17) is 4.42 Å². The lowest BCUT2D eigenvalue weighted by Gasteiger charge is -2.32. The molecule has 0 aliphatic heterocycles. The summed E-state index contributed by atoms with van der Waals surface area (Å²) in [5, 5.41) is 15.2. The topological polar surface area (TPSA) is 106 Å². The zero-order valence-corrected chi connectivity index (χ0v) is 19.4. The second-order valence-corrected chi connectivity index (χ2v) is 8.56. The van der Waals surface area contributed by atoms with Gasteiger partial charge in [0.2, 0.25) is 11.7 Å². The fourth-order valence-corrected chi connectivity index (χ4v) is 4.30. The van der Waals surface area contributed by atoms with Gasteiger partial charge in [0, 0.05) is 6.04 Å². The van der Waals surface area contributed by atoms with Gasteiger partial charge in [0.1, 0.15) is 24.2 Å². The SMILES string of the molecule is CCC[C@H](C(=O)NC1CCCC1)N(C(=O)Cn1nnc(-c2ccc(C)o2)n1)c1ccccc1F. The van der Waals surface area contributed by atoms with Crippen LogP contribution < -0.4 is 10.2 Å². The number of carbonyl (C=O) groups is 2. The molecule has 1 saturated carbocycles. The number of tetrazole rings is 1. The summed E-state index contributed by atoms with van der Waals surface area (Å²) >= 11 is 0. The number of halogens is 1. The number of nitrogens with one attached hydrogen (secondary N) is 1. The molecule has 0 spiro atoms. The van der Waals surface area contributed by atoms with Gasteiger partial charge in [0.25, 0.3) is 5.91 Å². The second kappa shape index (κ2) is 10.6. The zero-order valence-electron chi connectivity index (χ0n) is 19.4. The van der Waals surface area contributed by atoms with Crippen LogP contribution in [0.15, 0.2) is 40.8 Å². The summed E-state index contributed by atoms with van der Waals surface area (Å²) in [6.45, 7) is 3.42. The van der Waals surface area contributed by atoms with Crippen molar-refractivity contribution in [3.8, 4) is 11.6 Å². The minimum absolute atomic E-state index is 0.0505. The molecule has 0 bridgehead atoms. The number of carbonyl (C=O) groups excluding carboxylic acids is 2. The number of furan rings is 1. The lowest BCUT2D eigenvalue weighted by Crippen LogP contribution is -2.53. The van der Waals surface area contributed by atoms with Crippen LogP contribution in [0.25, 0.3) is 11.6 Å². The molecule has 10 heteroatoms. The van der Waals surface area contributed by atoms with E-state index in [2.05, 4.69) is 20.7 Å². The van der Waals surface area contributed by atoms with Gasteiger partial charge in [-0.2, -0.15) is 4.80 Å². The van der Waals surface area contributed by atoms with Crippen molar-refractivity contribution in [1.82, 2.24) is 25.5 Å². The highest BCUT2D eigenvalue weighted by molar-refractivity contribution is 6.00. The maximum atomic E-state index is 14.8. The van der Waals surface area contributed by atoms with Crippen molar-refractivity contribution >= 4 is 17.5 Å². The Labute approximate surface area is 197 Å². The molecule has 1 aromatic carbocycles. The molecule has 1 aliphatic carbocycles. The smallest absolute Gasteiger partial charge is 0.251 e. The Morgan fingerprint density at radius 1 is 1.24 bits per heavy atom. The molecule has 0 radical (unpaired) electrons. The molecular weight excluding hydrogens is 439 g/mol. The van der Waals surface area contributed by atoms with Crippen LogP contribution in [0.3, 0.4) is 0 Å². The predicted octanol–water partition coefficient (Wildman–Crippen LogP) is 3.64. The van der Waals surface area contributed by atoms with Crippen LogP contribution in [0.5, 0.6) is 0 Å². The fourth-order valence-electron chi connectivity index (χ4n) is 4.30. The molecule has 0 unspecified atom stereocenters. The number of nitrogens with zero attached hydrogens (tertiary/aromatic N) is 5. The first kappa shape index (κ1) is 23.6. The molecule has 1 fully saturated rings. The van der Waals surface area contributed by atoms with E-state index < -0.39 is 17.8 Å². The highest BCUT2D eigenvalue weighted by Gasteiger charge is 2.34. The molecule has 34 heavy (non-hydrogen) atoms. The normalized spacial score (nSPS) is 14.8. The molecule has 1 atom stereocenters. The third kappa shape index (κ3) is 5.32. The summed E-state index contributed by atoms with van der Waals surface area (Å²) in [5.74, 6) is 0.00508. The first-order chi connectivity index (χ1) is 16.5. The lowest BCUT2D eigenvalue weighted by atomic mass is 10.1. The van der Waals surface area contributed by atoms with E-state index in [-0.39, 0.29) is 30.0 Å². The van der Waals surface area contributed by atoms with Gasteiger partial charge >= 0.3 is 0 Å². The van der Waals surface area contributed by atoms with Crippen molar-refractivity contribution in [3.63, 3.8) is 0 Å². The molecular formula is C24H29FN6O3. The van der Waals surface area contributed by atoms with Crippen molar-refractivity contribution in [2.24, 2.45) is 0 Å². The average molecular weight is 469 g/mol. The van der Waals surface area contributed by atoms with Crippen molar-refractivity contribution in [2.45, 2.75) is 71.0 Å². The number of para-hydroxylation sites is 1. The van der Waals surface area contributed by atoms with Gasteiger partial charge in [-0.1, -0.05) is 38.3 Å². The van der Waals surface area contributed by atoms with Crippen LogP contribution in [-0.4, -0.2) is 44.1 Å². The van der Waals surface area contributed by atoms with Crippen LogP contribution in [0, 0.1) is 12.7 Å². The van der Waals surface area contributed by atoms with Crippen molar-refractivity contribution < 1.29 is 18.4 Å². The van der Waals surface area contributed by atoms with Gasteiger partial charge in [-0.3, -0.25) is 14.5 Å². The van der Waals surface area contributed by atoms with Crippen LogP contribution in [0.4, 0.5) is 10.1 Å². The van der Waals surface area contributed by atoms with Gasteiger partial charge in [-0.15, -0.1) is 10.2 Å². The van der Waals surface area contributed by atoms with Crippen molar-refractivity contribution in [2.75, 3.05) is 4.90 Å². The zero-order chi connectivity index (χ0) is 24.1. The molecule has 2 aromatic heterocycles. The number of benzene rings is 1. The maximum Gasteiger partial charge on any atom is 0.251 e. The third-order valence-electron chi connectivity index (χ3n) is 5.95. The molecule has 3 aromatic rings. The Hall–Kier alpha value is -3.56. The monoisotopic (exact) mass is 468 g/mol. The Balaban J connectivity index is 1.60. The van der Waals surface area contributed by atoms with Crippen LogP contribution in [-0.2, 0) is 16.1 Å². The molecule has 9 nitrogen and oxygen atoms in total. The first-order valence-electron chi connectivity index (χ1n) is 11.7. The predicted molar refractivity (Wildman–Crippen MR) is 123 cm³/mol. The first-order valence-corrected chi connectivity index (χ1v) is 11.7. The Kier molecular flexibility index (Phi) is 7.34. The highest BCUT2D eigenvalue weighted by atomic mass is 19.1. The van der Waals surface area contributed by atoms with E-state index in [0.717, 1.165) is 30.5 Å². The van der Waals surface area contributed by atoms with Gasteiger partial charge in [0.15, 0.2) is 5.76 Å². The van der Waals surface area contributed by atoms with E-state index >= 15 is 0 Å². The number of anilines is 1. The Bertz CT molecular complexity index is 1140. The summed E-state index contributed by atoms with van der Waals surface area (Å²) in [6, 6.07) is 8.69. The quantitative estimate of drug-likeness (QED) is 0.514. The Morgan fingerprint density at radius 2 is 2.00 bits per heavy atom. The lowest BCUT2D eigenvalue weighted by molar-refractivity contribution is -0.127. The van der Waals surface area contributed by atoms with Crippen LogP contribution in [0.2, 0.25) is 0 Å². The molecule has 180 valence electrons. The number of amides is 2. The highest BCUT2D eigenvalue weighted by Crippen LogP contribution is 2.25. The van der Waals surface area contributed by atoms with E-state index in [1.54, 1.807) is 31.2 Å². The standard InChI is InChI=1S/C24H29FN6O3/c1-3-8-20(24(33)26-17-9-4-5-10-17)31(19-12-7-6-11-18(19)25)22(32)15-30-28-23(27-29-30)21-14-13-16(2)34-21/h6-7,11-14,17,20H,3-5,8-10,15H2,1-2H3,(H,26,33)/t20-/m1/s1. The van der Waals surface area contributed by atoms with Crippen LogP contribution >= 0.6 is 0 Å². The number of aryl methyl sites for hydroxylation is 1. The summed E-state index contributed by atoms with van der Waals surface area (Å²) in [4.78, 5) is 29.1. The number of rotatable bonds is 9. The maximum absolute atomic E-state index is 14.8. The summed E-state index contributed by atoms with van der Waals surface area (Å²) in [5.41, 5.74) is 0.0505. The second-order valence-electron chi connectivity index (χ2n) is 8.56. The van der Waals surface area contributed by atoms with E-state index in [0.29, 0.717) is 24.4 Å². The molecule has 2 heterocycles. The molecule has 1 aliphatic rings. The van der Waals surface area contributed by atoms with E-state index in [9.17, 15) is 14.0 Å². The summed E-state index contributed by atoms with van der Waals surface area (Å²) in [7, 11) is 0. The van der Waals surface area contributed by atoms with Crippen LogP contribution in [0.1, 0.15) is 51.2 Å². The van der Waals surface area contributed by atoms with E-state index in [1.807, 2.05) is 6.92 Å². The van der Waals surface area contributed by atoms with Crippen molar-refractivity contribution in [3.05, 3.63) is 48.0 Å². The number of hydrogen-bond donors (Lipinski definition) is 1. The van der Waals surface area contributed by atoms with Crippen molar-refractivity contribution in [1.29, 1.82) is 0 Å². The minimum atomic E-state index is -0.856. The summed E-state index contributed by atoms with van der Waals surface area (Å²) < 4.78 is 20.4. The minimum Gasteiger partial charge on any atom is -0.458 e. The van der Waals surface area contributed by atoms with Gasteiger partial charge in [-0.05, 0) is 55.7 Å². The van der Waals surface area contributed by atoms with Gasteiger partial charge in [-0.25, -0.2) is 4.39 Å². The van der Waals surface area contributed by atoms with Gasteiger partial charge < -0.3 is 9.73 Å². The fraction of sp³-hybridized carbons (Fsp3) is 0.458. The third-order valence-corrected chi connectivity index (χ3v) is 5.95. The average Bonchev–Trinajstić information content (AvgIpc) is 3.57. The largest absolute Gasteiger partial charge is 0.458 e. The Morgan fingerprint density at radius 3 is 2.68 bits per heavy atom. The van der Waals surface area contributed by atoms with E-state index in [1.165, 1.54) is 17.0 Å². The summed E-state index contributed by atoms with van der Waals surface area (Å²) in [6.07, 6.45) is 4.99.